The first-order valence-electron chi connectivity index (χ1n) is 5.56. The van der Waals surface area contributed by atoms with Crippen LogP contribution in [0.1, 0.15) is 32.1 Å². The lowest BCUT2D eigenvalue weighted by Crippen LogP contribution is -2.34. The van der Waals surface area contributed by atoms with Gasteiger partial charge in [0.25, 0.3) is 0 Å². The molecule has 1 fully saturated rings. The van der Waals surface area contributed by atoms with Crippen molar-refractivity contribution in [2.45, 2.75) is 38.1 Å². The molecule has 3 N–H and O–H groups in total. The van der Waals surface area contributed by atoms with Gasteiger partial charge in [0.2, 0.25) is 0 Å². The molecule has 14 heavy (non-hydrogen) atoms. The van der Waals surface area contributed by atoms with Gasteiger partial charge in [-0.25, -0.2) is 0 Å². The quantitative estimate of drug-likeness (QED) is 0.709. The van der Waals surface area contributed by atoms with Gasteiger partial charge in [-0.05, 0) is 45.1 Å². The monoisotopic (exact) mass is 195 g/mol. The lowest BCUT2D eigenvalue weighted by molar-refractivity contribution is 0.283. The van der Waals surface area contributed by atoms with Crippen LogP contribution in [-0.4, -0.2) is 19.6 Å². The summed E-state index contributed by atoms with van der Waals surface area (Å²) >= 11 is 0. The molecule has 1 unspecified atom stereocenters. The standard InChI is InChI=1S/C11H21N3/c1-14-8-11(13)6-9-2-4-10(7-12)5-3-9/h9-11,14H,2-6,8,13H2,1H3. The van der Waals surface area contributed by atoms with E-state index in [-0.39, 0.29) is 6.04 Å². The summed E-state index contributed by atoms with van der Waals surface area (Å²) in [5.74, 6) is 1.06. The Morgan fingerprint density at radius 2 is 2.07 bits per heavy atom. The van der Waals surface area contributed by atoms with Crippen molar-refractivity contribution in [2.24, 2.45) is 17.6 Å². The van der Waals surface area contributed by atoms with Crippen molar-refractivity contribution < 1.29 is 0 Å². The lowest BCUT2D eigenvalue weighted by atomic mass is 9.80. The van der Waals surface area contributed by atoms with E-state index in [4.69, 9.17) is 11.0 Å². The van der Waals surface area contributed by atoms with E-state index in [1.165, 1.54) is 12.8 Å². The second kappa shape index (κ2) is 6.00. The number of nitrogens with zero attached hydrogens (tertiary/aromatic N) is 1. The molecule has 0 aliphatic heterocycles. The lowest BCUT2D eigenvalue weighted by Gasteiger charge is -2.26. The van der Waals surface area contributed by atoms with Crippen molar-refractivity contribution in [1.29, 1.82) is 5.26 Å². The predicted molar refractivity (Wildman–Crippen MR) is 57.6 cm³/mol. The van der Waals surface area contributed by atoms with Crippen LogP contribution in [0.5, 0.6) is 0 Å². The highest BCUT2D eigenvalue weighted by atomic mass is 14.9. The summed E-state index contributed by atoms with van der Waals surface area (Å²) in [6.45, 7) is 0.901. The first-order chi connectivity index (χ1) is 6.76. The number of hydrogen-bond acceptors (Lipinski definition) is 3. The number of nitrogens with two attached hydrogens (primary N) is 1. The highest BCUT2D eigenvalue weighted by Gasteiger charge is 2.22. The molecule has 1 saturated carbocycles. The van der Waals surface area contributed by atoms with Crippen LogP contribution in [0.25, 0.3) is 0 Å². The Kier molecular flexibility index (Phi) is 4.92. The molecule has 0 spiro atoms. The molecule has 0 heterocycles. The third-order valence-electron chi connectivity index (χ3n) is 3.13. The van der Waals surface area contributed by atoms with Gasteiger partial charge in [-0.2, -0.15) is 5.26 Å². The number of nitriles is 1. The van der Waals surface area contributed by atoms with E-state index in [9.17, 15) is 0 Å². The van der Waals surface area contributed by atoms with E-state index >= 15 is 0 Å². The van der Waals surface area contributed by atoms with E-state index in [2.05, 4.69) is 11.4 Å². The van der Waals surface area contributed by atoms with Gasteiger partial charge in [-0.1, -0.05) is 0 Å². The number of nitrogens with one attached hydrogen (secondary N) is 1. The molecule has 3 nitrogen and oxygen atoms in total. The summed E-state index contributed by atoms with van der Waals surface area (Å²) in [5.41, 5.74) is 5.95. The van der Waals surface area contributed by atoms with E-state index < -0.39 is 0 Å². The predicted octanol–water partition coefficient (Wildman–Crippen LogP) is 1.25. The van der Waals surface area contributed by atoms with Crippen LogP contribution in [0.2, 0.25) is 0 Å². The summed E-state index contributed by atoms with van der Waals surface area (Å²) in [7, 11) is 1.94. The van der Waals surface area contributed by atoms with Gasteiger partial charge in [0.15, 0.2) is 0 Å². The molecule has 1 aliphatic carbocycles. The fraction of sp³-hybridized carbons (Fsp3) is 0.909. The molecule has 0 radical (unpaired) electrons. The second-order valence-electron chi connectivity index (χ2n) is 4.40. The van der Waals surface area contributed by atoms with Gasteiger partial charge in [0.1, 0.15) is 0 Å². The topological polar surface area (TPSA) is 61.8 Å². The molecule has 0 aromatic carbocycles. The number of hydrogen-bond donors (Lipinski definition) is 2. The molecule has 1 rings (SSSR count). The molecule has 0 bridgehead atoms. The fourth-order valence-corrected chi connectivity index (χ4v) is 2.30. The van der Waals surface area contributed by atoms with Crippen LogP contribution < -0.4 is 11.1 Å². The normalized spacial score (nSPS) is 29.5. The summed E-state index contributed by atoms with van der Waals surface area (Å²) in [4.78, 5) is 0. The Morgan fingerprint density at radius 1 is 1.43 bits per heavy atom. The van der Waals surface area contributed by atoms with Gasteiger partial charge in [0, 0.05) is 18.5 Å². The molecule has 3 heteroatoms. The zero-order valence-electron chi connectivity index (χ0n) is 9.00. The first-order valence-corrected chi connectivity index (χ1v) is 5.56. The van der Waals surface area contributed by atoms with E-state index in [0.717, 1.165) is 31.7 Å². The summed E-state index contributed by atoms with van der Waals surface area (Å²) < 4.78 is 0. The zero-order valence-corrected chi connectivity index (χ0v) is 9.00. The molecule has 80 valence electrons. The minimum atomic E-state index is 0.281. The minimum Gasteiger partial charge on any atom is -0.327 e. The number of likely N-dealkylation sites (N-methyl/N-ethyl adjacent to an activating group) is 1. The smallest absolute Gasteiger partial charge is 0.0655 e. The van der Waals surface area contributed by atoms with E-state index in [1.54, 1.807) is 0 Å². The highest BCUT2D eigenvalue weighted by molar-refractivity contribution is 4.87. The van der Waals surface area contributed by atoms with Crippen molar-refractivity contribution in [2.75, 3.05) is 13.6 Å². The van der Waals surface area contributed by atoms with Crippen molar-refractivity contribution in [3.63, 3.8) is 0 Å². The Balaban J connectivity index is 2.19. The molecule has 1 atom stereocenters. The summed E-state index contributed by atoms with van der Waals surface area (Å²) in [6.07, 6.45) is 5.64. The van der Waals surface area contributed by atoms with Crippen LogP contribution in [0.3, 0.4) is 0 Å². The van der Waals surface area contributed by atoms with Crippen LogP contribution in [0.15, 0.2) is 0 Å². The Hall–Kier alpha value is -0.590. The molecule has 0 aromatic heterocycles. The minimum absolute atomic E-state index is 0.281. The van der Waals surface area contributed by atoms with E-state index in [0.29, 0.717) is 5.92 Å². The molecular weight excluding hydrogens is 174 g/mol. The third kappa shape index (κ3) is 3.65. The van der Waals surface area contributed by atoms with Crippen molar-refractivity contribution >= 4 is 0 Å². The first kappa shape index (κ1) is 11.5. The maximum atomic E-state index is 8.76. The Labute approximate surface area is 86.7 Å². The van der Waals surface area contributed by atoms with Gasteiger partial charge >= 0.3 is 0 Å². The molecule has 0 saturated heterocycles. The van der Waals surface area contributed by atoms with Gasteiger partial charge < -0.3 is 11.1 Å². The van der Waals surface area contributed by atoms with Gasteiger partial charge in [0.05, 0.1) is 6.07 Å². The Bertz CT molecular complexity index is 189. The largest absolute Gasteiger partial charge is 0.327 e. The van der Waals surface area contributed by atoms with Crippen LogP contribution in [0.4, 0.5) is 0 Å². The second-order valence-corrected chi connectivity index (χ2v) is 4.40. The molecular formula is C11H21N3. The van der Waals surface area contributed by atoms with E-state index in [1.807, 2.05) is 7.05 Å². The SMILES string of the molecule is CNCC(N)CC1CCC(C#N)CC1. The van der Waals surface area contributed by atoms with Crippen molar-refractivity contribution in [1.82, 2.24) is 5.32 Å². The van der Waals surface area contributed by atoms with Crippen LogP contribution in [-0.2, 0) is 0 Å². The summed E-state index contributed by atoms with van der Waals surface area (Å²) in [6, 6.07) is 2.64. The van der Waals surface area contributed by atoms with Crippen LogP contribution in [0, 0.1) is 23.2 Å². The fourth-order valence-electron chi connectivity index (χ4n) is 2.30. The highest BCUT2D eigenvalue weighted by Crippen LogP contribution is 2.30. The average Bonchev–Trinajstić information content (AvgIpc) is 2.19. The average molecular weight is 195 g/mol. The van der Waals surface area contributed by atoms with Gasteiger partial charge in [-0.15, -0.1) is 0 Å². The molecule has 0 aromatic rings. The van der Waals surface area contributed by atoms with Gasteiger partial charge in [-0.3, -0.25) is 0 Å². The molecule has 0 amide bonds. The molecule has 1 aliphatic rings. The maximum Gasteiger partial charge on any atom is 0.0655 e. The van der Waals surface area contributed by atoms with Crippen LogP contribution >= 0.6 is 0 Å². The summed E-state index contributed by atoms with van der Waals surface area (Å²) in [5, 5.41) is 11.9. The Morgan fingerprint density at radius 3 is 2.57 bits per heavy atom. The number of rotatable bonds is 4. The van der Waals surface area contributed by atoms with Crippen molar-refractivity contribution in [3.05, 3.63) is 0 Å². The van der Waals surface area contributed by atoms with Crippen molar-refractivity contribution in [3.8, 4) is 6.07 Å². The zero-order chi connectivity index (χ0) is 10.4. The third-order valence-corrected chi connectivity index (χ3v) is 3.13. The maximum absolute atomic E-state index is 8.76.